The third kappa shape index (κ3) is 1.06. The van der Waals surface area contributed by atoms with Crippen molar-refractivity contribution in [2.24, 2.45) is 0 Å². The maximum atomic E-state index is 5.17. The van der Waals surface area contributed by atoms with Crippen molar-refractivity contribution >= 4 is 16.8 Å². The van der Waals surface area contributed by atoms with E-state index in [1.165, 1.54) is 0 Å². The van der Waals surface area contributed by atoms with Crippen LogP contribution in [0.4, 0.5) is 0 Å². The fourth-order valence-corrected chi connectivity index (χ4v) is 1.69. The lowest BCUT2D eigenvalue weighted by Crippen LogP contribution is -2.01. The SMILES string of the molecule is COc1nnc(C)c2nc3ncccc3n12. The molecule has 0 aromatic carbocycles. The van der Waals surface area contributed by atoms with Crippen LogP contribution in [-0.2, 0) is 0 Å². The fourth-order valence-electron chi connectivity index (χ4n) is 1.69. The molecule has 0 bridgehead atoms. The van der Waals surface area contributed by atoms with Gasteiger partial charge in [-0.3, -0.25) is 0 Å². The van der Waals surface area contributed by atoms with Gasteiger partial charge in [0, 0.05) is 6.20 Å². The van der Waals surface area contributed by atoms with Crippen LogP contribution in [0.15, 0.2) is 18.3 Å². The van der Waals surface area contributed by atoms with E-state index in [1.54, 1.807) is 13.3 Å². The monoisotopic (exact) mass is 215 g/mol. The van der Waals surface area contributed by atoms with E-state index < -0.39 is 0 Å². The molecule has 3 heterocycles. The summed E-state index contributed by atoms with van der Waals surface area (Å²) in [4.78, 5) is 8.58. The molecule has 0 saturated carbocycles. The molecule has 3 rings (SSSR count). The van der Waals surface area contributed by atoms with Gasteiger partial charge in [0.05, 0.1) is 12.6 Å². The first-order valence-electron chi connectivity index (χ1n) is 4.81. The van der Waals surface area contributed by atoms with Crippen LogP contribution in [0.1, 0.15) is 5.69 Å². The van der Waals surface area contributed by atoms with Gasteiger partial charge in [0.25, 0.3) is 0 Å². The van der Waals surface area contributed by atoms with Crippen molar-refractivity contribution in [3.63, 3.8) is 0 Å². The average molecular weight is 215 g/mol. The van der Waals surface area contributed by atoms with Crippen LogP contribution in [-0.4, -0.2) is 31.7 Å². The van der Waals surface area contributed by atoms with Crippen molar-refractivity contribution in [3.8, 4) is 6.01 Å². The fraction of sp³-hybridized carbons (Fsp3) is 0.200. The molecule has 0 aliphatic rings. The first kappa shape index (κ1) is 9.02. The molecular weight excluding hydrogens is 206 g/mol. The van der Waals surface area contributed by atoms with Crippen LogP contribution in [0.3, 0.4) is 0 Å². The predicted molar refractivity (Wildman–Crippen MR) is 57.4 cm³/mol. The molecule has 0 radical (unpaired) electrons. The largest absolute Gasteiger partial charge is 0.467 e. The number of methoxy groups -OCH3 is 1. The van der Waals surface area contributed by atoms with Crippen molar-refractivity contribution in [1.29, 1.82) is 0 Å². The minimum absolute atomic E-state index is 0.413. The second kappa shape index (κ2) is 3.13. The summed E-state index contributed by atoms with van der Waals surface area (Å²) < 4.78 is 6.98. The van der Waals surface area contributed by atoms with Crippen LogP contribution in [0, 0.1) is 6.92 Å². The van der Waals surface area contributed by atoms with Gasteiger partial charge in [0.1, 0.15) is 5.69 Å². The summed E-state index contributed by atoms with van der Waals surface area (Å²) in [5.41, 5.74) is 3.01. The van der Waals surface area contributed by atoms with Crippen LogP contribution in [0.5, 0.6) is 6.01 Å². The van der Waals surface area contributed by atoms with Gasteiger partial charge < -0.3 is 4.74 Å². The first-order chi connectivity index (χ1) is 7.81. The third-order valence-corrected chi connectivity index (χ3v) is 2.41. The Morgan fingerprint density at radius 3 is 3.00 bits per heavy atom. The topological polar surface area (TPSA) is 65.2 Å². The molecule has 0 saturated heterocycles. The minimum atomic E-state index is 0.413. The predicted octanol–water partition coefficient (Wildman–Crippen LogP) is 0.990. The second-order valence-corrected chi connectivity index (χ2v) is 3.39. The zero-order valence-corrected chi connectivity index (χ0v) is 8.88. The lowest BCUT2D eigenvalue weighted by atomic mass is 10.4. The Morgan fingerprint density at radius 1 is 1.31 bits per heavy atom. The van der Waals surface area contributed by atoms with Gasteiger partial charge in [-0.2, -0.15) is 0 Å². The highest BCUT2D eigenvalue weighted by molar-refractivity contribution is 5.77. The first-order valence-corrected chi connectivity index (χ1v) is 4.81. The standard InChI is InChI=1S/C10H9N5O/c1-6-9-12-8-7(4-3-5-11-8)15(9)10(16-2)14-13-6/h3-5H,1-2H3. The van der Waals surface area contributed by atoms with Crippen LogP contribution in [0.25, 0.3) is 16.8 Å². The summed E-state index contributed by atoms with van der Waals surface area (Å²) in [6.07, 6.45) is 1.71. The lowest BCUT2D eigenvalue weighted by molar-refractivity contribution is 0.368. The Labute approximate surface area is 90.9 Å². The van der Waals surface area contributed by atoms with Crippen molar-refractivity contribution < 1.29 is 4.74 Å². The molecule has 0 amide bonds. The Morgan fingerprint density at radius 2 is 2.19 bits per heavy atom. The molecule has 0 unspecified atom stereocenters. The van der Waals surface area contributed by atoms with Gasteiger partial charge in [-0.25, -0.2) is 14.4 Å². The normalized spacial score (nSPS) is 11.1. The molecule has 0 aliphatic heterocycles. The summed E-state index contributed by atoms with van der Waals surface area (Å²) in [7, 11) is 1.56. The number of aryl methyl sites for hydroxylation is 1. The van der Waals surface area contributed by atoms with Gasteiger partial charge in [-0.1, -0.05) is 5.10 Å². The molecule has 0 aliphatic carbocycles. The highest BCUT2D eigenvalue weighted by atomic mass is 16.5. The van der Waals surface area contributed by atoms with Gasteiger partial charge >= 0.3 is 6.01 Å². The van der Waals surface area contributed by atoms with E-state index in [2.05, 4.69) is 20.2 Å². The molecule has 3 aromatic heterocycles. The molecule has 0 spiro atoms. The Bertz CT molecular complexity index is 675. The molecule has 6 nitrogen and oxygen atoms in total. The minimum Gasteiger partial charge on any atom is -0.467 e. The molecule has 80 valence electrons. The van der Waals surface area contributed by atoms with Crippen LogP contribution >= 0.6 is 0 Å². The molecular formula is C10H9N5O. The van der Waals surface area contributed by atoms with E-state index in [-0.39, 0.29) is 0 Å². The van der Waals surface area contributed by atoms with Gasteiger partial charge in [-0.05, 0) is 19.1 Å². The number of pyridine rings is 1. The van der Waals surface area contributed by atoms with E-state index in [9.17, 15) is 0 Å². The second-order valence-electron chi connectivity index (χ2n) is 3.39. The van der Waals surface area contributed by atoms with E-state index in [1.807, 2.05) is 23.5 Å². The maximum absolute atomic E-state index is 5.17. The number of fused-ring (bicyclic) bond motifs is 3. The number of nitrogens with zero attached hydrogens (tertiary/aromatic N) is 5. The van der Waals surface area contributed by atoms with E-state index in [0.717, 1.165) is 16.9 Å². The summed E-state index contributed by atoms with van der Waals surface area (Å²) in [5, 5.41) is 7.96. The lowest BCUT2D eigenvalue weighted by Gasteiger charge is -2.02. The summed E-state index contributed by atoms with van der Waals surface area (Å²) >= 11 is 0. The van der Waals surface area contributed by atoms with Crippen molar-refractivity contribution in [2.45, 2.75) is 6.92 Å². The zero-order chi connectivity index (χ0) is 11.1. The van der Waals surface area contributed by atoms with Gasteiger partial charge in [0.15, 0.2) is 11.3 Å². The van der Waals surface area contributed by atoms with E-state index in [4.69, 9.17) is 4.74 Å². The molecule has 0 fully saturated rings. The molecule has 16 heavy (non-hydrogen) atoms. The Hall–Kier alpha value is -2.24. The van der Waals surface area contributed by atoms with E-state index >= 15 is 0 Å². The molecule has 0 atom stereocenters. The number of ether oxygens (including phenoxy) is 1. The van der Waals surface area contributed by atoms with Gasteiger partial charge in [-0.15, -0.1) is 5.10 Å². The quantitative estimate of drug-likeness (QED) is 0.605. The summed E-state index contributed by atoms with van der Waals surface area (Å²) in [6.45, 7) is 1.85. The summed E-state index contributed by atoms with van der Waals surface area (Å²) in [6, 6.07) is 4.19. The Kier molecular flexibility index (Phi) is 1.76. The average Bonchev–Trinajstić information content (AvgIpc) is 2.70. The Balaban J connectivity index is 2.59. The molecule has 0 N–H and O–H groups in total. The van der Waals surface area contributed by atoms with Crippen LogP contribution < -0.4 is 4.74 Å². The van der Waals surface area contributed by atoms with Crippen LogP contribution in [0.2, 0.25) is 0 Å². The number of imidazole rings is 1. The number of hydrogen-bond acceptors (Lipinski definition) is 5. The van der Waals surface area contributed by atoms with Crippen molar-refractivity contribution in [2.75, 3.05) is 7.11 Å². The maximum Gasteiger partial charge on any atom is 0.321 e. The zero-order valence-electron chi connectivity index (χ0n) is 8.88. The molecule has 3 aromatic rings. The third-order valence-electron chi connectivity index (χ3n) is 2.41. The highest BCUT2D eigenvalue weighted by Gasteiger charge is 2.12. The van der Waals surface area contributed by atoms with E-state index in [0.29, 0.717) is 11.7 Å². The van der Waals surface area contributed by atoms with Gasteiger partial charge in [0.2, 0.25) is 0 Å². The number of hydrogen-bond donors (Lipinski definition) is 0. The van der Waals surface area contributed by atoms with Crippen molar-refractivity contribution in [1.82, 2.24) is 24.6 Å². The molecule has 6 heteroatoms. The highest BCUT2D eigenvalue weighted by Crippen LogP contribution is 2.20. The summed E-state index contributed by atoms with van der Waals surface area (Å²) in [5.74, 6) is 0. The van der Waals surface area contributed by atoms with Crippen molar-refractivity contribution in [3.05, 3.63) is 24.0 Å². The number of aromatic nitrogens is 5. The smallest absolute Gasteiger partial charge is 0.321 e. The number of rotatable bonds is 1.